The molecule has 12 rings (SSSR count). The predicted octanol–water partition coefficient (Wildman–Crippen LogP) is 10.5. The van der Waals surface area contributed by atoms with E-state index in [1.807, 2.05) is 68.5 Å². The summed E-state index contributed by atoms with van der Waals surface area (Å²) < 4.78 is 31.2. The van der Waals surface area contributed by atoms with Crippen molar-refractivity contribution in [1.82, 2.24) is 0 Å². The largest absolute Gasteiger partial charge is 0.458 e. The average molecular weight is 1030 g/mol. The Morgan fingerprint density at radius 1 is 0.853 bits per heavy atom. The molecule has 2 saturated heterocycles. The zero-order chi connectivity index (χ0) is 52.3. The van der Waals surface area contributed by atoms with Crippen molar-refractivity contribution >= 4 is 29.5 Å². The third-order valence-electron chi connectivity index (χ3n) is 20.5. The Morgan fingerprint density at radius 2 is 1.55 bits per heavy atom. The van der Waals surface area contributed by atoms with Crippen LogP contribution < -0.4 is 10.6 Å². The topological polar surface area (TPSA) is 189 Å². The predicted molar refractivity (Wildman–Crippen MR) is 282 cm³/mol. The lowest BCUT2D eigenvalue weighted by molar-refractivity contribution is -0.136. The Labute approximate surface area is 441 Å². The van der Waals surface area contributed by atoms with E-state index in [0.717, 1.165) is 65.5 Å². The molecule has 8 fully saturated rings. The highest BCUT2D eigenvalue weighted by Gasteiger charge is 2.95. The Kier molecular flexibility index (Phi) is 12.8. The molecule has 5 N–H and O–H groups in total. The first-order valence-corrected chi connectivity index (χ1v) is 28.1. The molecule has 0 aromatic heterocycles. The van der Waals surface area contributed by atoms with Crippen LogP contribution in [0.4, 0.5) is 21.0 Å². The van der Waals surface area contributed by atoms with Crippen molar-refractivity contribution in [3.63, 3.8) is 0 Å². The number of fused-ring (bicyclic) bond motifs is 3. The molecule has 13 nitrogen and oxygen atoms in total. The van der Waals surface area contributed by atoms with Crippen LogP contribution in [0.3, 0.4) is 0 Å². The van der Waals surface area contributed by atoms with Crippen LogP contribution in [0.5, 0.6) is 0 Å². The minimum atomic E-state index is -0.892. The van der Waals surface area contributed by atoms with Crippen LogP contribution in [-0.4, -0.2) is 94.0 Å². The first-order valence-electron chi connectivity index (χ1n) is 28.1. The summed E-state index contributed by atoms with van der Waals surface area (Å²) in [6, 6.07) is 15.2. The van der Waals surface area contributed by atoms with E-state index in [1.165, 1.54) is 18.4 Å². The minimum absolute atomic E-state index is 0.0132. The fourth-order valence-corrected chi connectivity index (χ4v) is 16.4. The van der Waals surface area contributed by atoms with Crippen molar-refractivity contribution in [3.8, 4) is 0 Å². The molecule has 6 saturated carbocycles. The number of esters is 1. The normalized spacial score (nSPS) is 40.2. The van der Waals surface area contributed by atoms with Gasteiger partial charge in [0.25, 0.3) is 0 Å². The first-order chi connectivity index (χ1) is 35.9. The molecule has 13 heteroatoms. The smallest absolute Gasteiger partial charge is 0.412 e. The second-order valence-corrected chi connectivity index (χ2v) is 25.0. The Balaban J connectivity index is 0.640. The summed E-state index contributed by atoms with van der Waals surface area (Å²) in [4.78, 5) is 39.7. The summed E-state index contributed by atoms with van der Waals surface area (Å²) in [6.45, 7) is 15.7. The highest BCUT2D eigenvalue weighted by molar-refractivity contribution is 5.92. The van der Waals surface area contributed by atoms with Crippen LogP contribution >= 0.6 is 0 Å². The molecule has 16 unspecified atom stereocenters. The molecular formula is C62H76N2O11. The van der Waals surface area contributed by atoms with Gasteiger partial charge in [-0.25, -0.2) is 14.4 Å². The molecule has 10 aliphatic rings. The number of epoxide rings is 2. The summed E-state index contributed by atoms with van der Waals surface area (Å²) in [7, 11) is 0. The zero-order valence-corrected chi connectivity index (χ0v) is 44.2. The van der Waals surface area contributed by atoms with E-state index in [2.05, 4.69) is 56.2 Å². The quantitative estimate of drug-likeness (QED) is 0.0589. The molecule has 0 bridgehead atoms. The molecular weight excluding hydrogens is 949 g/mol. The van der Waals surface area contributed by atoms with E-state index in [1.54, 1.807) is 0 Å². The van der Waals surface area contributed by atoms with Crippen LogP contribution in [0.25, 0.3) is 0 Å². The molecule has 3 aliphatic heterocycles. The number of aliphatic hydroxyl groups is 3. The van der Waals surface area contributed by atoms with Crippen LogP contribution in [0.2, 0.25) is 0 Å². The van der Waals surface area contributed by atoms with E-state index >= 15 is 0 Å². The monoisotopic (exact) mass is 1020 g/mol. The van der Waals surface area contributed by atoms with Gasteiger partial charge in [0.1, 0.15) is 30.5 Å². The molecule has 75 heavy (non-hydrogen) atoms. The number of ether oxygens (including phenoxy) is 5. The number of hydrogen-bond acceptors (Lipinski definition) is 11. The molecule has 0 radical (unpaired) electrons. The number of anilines is 2. The van der Waals surface area contributed by atoms with E-state index in [0.29, 0.717) is 67.2 Å². The fourth-order valence-electron chi connectivity index (χ4n) is 16.4. The van der Waals surface area contributed by atoms with Gasteiger partial charge >= 0.3 is 18.2 Å². The van der Waals surface area contributed by atoms with Crippen LogP contribution in [0, 0.1) is 52.3 Å². The SMILES string of the molecule is C=C1/C(=C\C=C2/CCCC3(C)C2CCC3C(C)/C=C/C(O)C2CC2)CC(O)CC1OC(=O)Nc1ccc(Cc2ccc(NC(=O)OC3C(C(C)C)C(O)C4OC45C4(C)CCC6=C(COC6=O)C4CC4OC435)cc2)cc1. The maximum absolute atomic E-state index is 13.8. The summed E-state index contributed by atoms with van der Waals surface area (Å²) in [5.74, 6) is 1.29. The van der Waals surface area contributed by atoms with Crippen LogP contribution in [0.1, 0.15) is 123 Å². The summed E-state index contributed by atoms with van der Waals surface area (Å²) in [5.41, 5.74) is 6.13. The number of aliphatic hydroxyl groups excluding tert-OH is 3. The Hall–Kier alpha value is -5.05. The van der Waals surface area contributed by atoms with E-state index in [9.17, 15) is 29.7 Å². The maximum Gasteiger partial charge on any atom is 0.412 e. The van der Waals surface area contributed by atoms with Crippen molar-refractivity contribution in [3.05, 3.63) is 118 Å². The standard InChI is InChI=1S/C62H76N2O11/c1-33(2)52-53(67)55-62(75-55)60(6)27-25-44-45(32-71-56(44)68)48(60)31-51-61(62,74-51)54(52)73-58(70)64-42-20-12-37(13-21-42)28-36-10-18-41(19-11-36)63-57(69)72-50-30-43(65)29-40(35(50)4)17-14-38-8-7-26-59(5)46(22-23-47(38)59)34(3)9-24-49(66)39-15-16-39/h9-14,17-21,24,33-34,39,43,46-55,65-67H,4,7-8,15-16,22-23,25-32H2,1-3,5-6H3,(H,63,69)(H,64,70)/b24-9+,38-14+,40-17-. The Bertz CT molecular complexity index is 2760. The van der Waals surface area contributed by atoms with Crippen LogP contribution in [-0.2, 0) is 34.9 Å². The van der Waals surface area contributed by atoms with Gasteiger partial charge in [-0.3, -0.25) is 10.6 Å². The second kappa shape index (κ2) is 18.9. The van der Waals surface area contributed by atoms with Gasteiger partial charge in [-0.1, -0.05) is 95.3 Å². The van der Waals surface area contributed by atoms with Gasteiger partial charge in [-0.2, -0.15) is 0 Å². The molecule has 2 aromatic carbocycles. The molecule has 3 heterocycles. The van der Waals surface area contributed by atoms with E-state index in [-0.39, 0.29) is 48.5 Å². The highest BCUT2D eigenvalue weighted by atomic mass is 16.7. The molecule has 2 spiro atoms. The summed E-state index contributed by atoms with van der Waals surface area (Å²) in [6.07, 6.45) is 14.9. The number of nitrogens with one attached hydrogen (secondary N) is 2. The first kappa shape index (κ1) is 50.7. The number of carbonyl (C=O) groups excluding carboxylic acids is 3. The van der Waals surface area contributed by atoms with Gasteiger partial charge in [0.05, 0.1) is 24.4 Å². The van der Waals surface area contributed by atoms with E-state index < -0.39 is 65.2 Å². The van der Waals surface area contributed by atoms with Gasteiger partial charge in [-0.05, 0) is 170 Å². The van der Waals surface area contributed by atoms with Crippen molar-refractivity contribution in [1.29, 1.82) is 0 Å². The fraction of sp³-hybridized carbons (Fsp3) is 0.597. The van der Waals surface area contributed by atoms with Gasteiger partial charge in [0, 0.05) is 34.7 Å². The lowest BCUT2D eigenvalue weighted by atomic mass is 9.46. The van der Waals surface area contributed by atoms with Crippen molar-refractivity contribution < 1.29 is 53.4 Å². The third-order valence-corrected chi connectivity index (χ3v) is 20.5. The minimum Gasteiger partial charge on any atom is -0.458 e. The second-order valence-electron chi connectivity index (χ2n) is 25.0. The number of rotatable bonds is 12. The van der Waals surface area contributed by atoms with Crippen molar-refractivity contribution in [2.24, 2.45) is 52.3 Å². The van der Waals surface area contributed by atoms with Gasteiger partial charge in [0.15, 0.2) is 5.60 Å². The maximum atomic E-state index is 13.8. The molecule has 2 amide bonds. The van der Waals surface area contributed by atoms with Crippen molar-refractivity contribution in [2.75, 3.05) is 17.2 Å². The zero-order valence-electron chi connectivity index (χ0n) is 44.2. The number of amides is 2. The number of benzene rings is 2. The summed E-state index contributed by atoms with van der Waals surface area (Å²) >= 11 is 0. The number of allylic oxidation sites excluding steroid dienone is 4. The van der Waals surface area contributed by atoms with Crippen molar-refractivity contribution in [2.45, 2.75) is 172 Å². The molecule has 2 aromatic rings. The highest BCUT2D eigenvalue weighted by Crippen LogP contribution is 2.79. The lowest BCUT2D eigenvalue weighted by Crippen LogP contribution is -2.70. The summed E-state index contributed by atoms with van der Waals surface area (Å²) in [5, 5.41) is 39.1. The number of carbonyl (C=O) groups is 3. The average Bonchev–Trinajstić information content (AvgIpc) is 4.36. The van der Waals surface area contributed by atoms with Gasteiger partial charge in [0.2, 0.25) is 0 Å². The Morgan fingerprint density at radius 3 is 2.23 bits per heavy atom. The van der Waals surface area contributed by atoms with E-state index in [4.69, 9.17) is 23.7 Å². The van der Waals surface area contributed by atoms with Gasteiger partial charge < -0.3 is 39.0 Å². The lowest BCUT2D eigenvalue weighted by Gasteiger charge is -2.55. The number of cyclic esters (lactones) is 1. The van der Waals surface area contributed by atoms with Gasteiger partial charge in [-0.15, -0.1) is 0 Å². The molecule has 400 valence electrons. The number of hydrogen-bond donors (Lipinski definition) is 5. The third kappa shape index (κ3) is 8.48. The van der Waals surface area contributed by atoms with Crippen LogP contribution in [0.15, 0.2) is 107 Å². The molecule has 16 atom stereocenters. The molecule has 7 aliphatic carbocycles.